The second-order valence-corrected chi connectivity index (χ2v) is 3.82. The van der Waals surface area contributed by atoms with Crippen LogP contribution in [0.5, 0.6) is 0 Å². The Balaban J connectivity index is 3.58. The van der Waals surface area contributed by atoms with Gasteiger partial charge in [0.15, 0.2) is 0 Å². The summed E-state index contributed by atoms with van der Waals surface area (Å²) in [5.41, 5.74) is 0. The Morgan fingerprint density at radius 2 is 1.64 bits per heavy atom. The predicted molar refractivity (Wildman–Crippen MR) is 61.8 cm³/mol. The molecular weight excluding hydrogens is 172 g/mol. The normalized spacial score (nSPS) is 13.7. The number of unbranched alkanes of at least 4 members (excludes halogenated alkanes) is 1. The van der Waals surface area contributed by atoms with E-state index in [1.807, 2.05) is 13.0 Å². The summed E-state index contributed by atoms with van der Waals surface area (Å²) < 4.78 is 0. The van der Waals surface area contributed by atoms with Gasteiger partial charge in [0, 0.05) is 12.0 Å². The summed E-state index contributed by atoms with van der Waals surface area (Å²) in [5.74, 6) is 2.64. The second kappa shape index (κ2) is 8.52. The highest BCUT2D eigenvalue weighted by atomic mass is 16.1. The molecule has 0 N–H and O–H groups in total. The molecule has 0 bridgehead atoms. The predicted octanol–water partition coefficient (Wildman–Crippen LogP) is 3.56. The van der Waals surface area contributed by atoms with Gasteiger partial charge in [-0.3, -0.25) is 0 Å². The van der Waals surface area contributed by atoms with E-state index in [0.717, 1.165) is 12.8 Å². The van der Waals surface area contributed by atoms with E-state index in [9.17, 15) is 4.79 Å². The van der Waals surface area contributed by atoms with Gasteiger partial charge in [0.25, 0.3) is 0 Å². The van der Waals surface area contributed by atoms with E-state index < -0.39 is 0 Å². The molecule has 0 aliphatic heterocycles. The molecule has 1 atom stereocenters. The lowest BCUT2D eigenvalue weighted by Gasteiger charge is -1.94. The van der Waals surface area contributed by atoms with Crippen LogP contribution >= 0.6 is 0 Å². The fraction of sp³-hybridized carbons (Fsp3) is 0.538. The van der Waals surface area contributed by atoms with Gasteiger partial charge in [0.2, 0.25) is 0 Å². The topological polar surface area (TPSA) is 17.1 Å². The van der Waals surface area contributed by atoms with Gasteiger partial charge >= 0.3 is 0 Å². The highest BCUT2D eigenvalue weighted by Gasteiger charge is 1.88. The molecule has 0 aliphatic carbocycles. The zero-order chi connectivity index (χ0) is 10.8. The largest absolute Gasteiger partial charge is 0.234 e. The van der Waals surface area contributed by atoms with Crippen molar-refractivity contribution in [1.82, 2.24) is 0 Å². The first-order chi connectivity index (χ1) is 6.66. The molecule has 1 unspecified atom stereocenters. The maximum Gasteiger partial charge on any atom is 0.120 e. The summed E-state index contributed by atoms with van der Waals surface area (Å²) in [6.07, 6.45) is 12.2. The second-order valence-electron chi connectivity index (χ2n) is 3.82. The van der Waals surface area contributed by atoms with Gasteiger partial charge in [0.1, 0.15) is 5.94 Å². The molecule has 0 spiro atoms. The summed E-state index contributed by atoms with van der Waals surface area (Å²) in [7, 11) is 0. The molecule has 0 aromatic carbocycles. The lowest BCUT2D eigenvalue weighted by molar-refractivity contribution is 0.567. The Hall–Kier alpha value is -1.07. The van der Waals surface area contributed by atoms with Crippen molar-refractivity contribution in [3.8, 4) is 0 Å². The first kappa shape index (κ1) is 12.9. The summed E-state index contributed by atoms with van der Waals surface area (Å²) in [6.45, 7) is 6.32. The van der Waals surface area contributed by atoms with Gasteiger partial charge in [-0.2, -0.15) is 0 Å². The molecule has 1 heteroatoms. The van der Waals surface area contributed by atoms with Crippen molar-refractivity contribution in [1.29, 1.82) is 0 Å². The molecule has 0 saturated heterocycles. The van der Waals surface area contributed by atoms with E-state index in [-0.39, 0.29) is 5.92 Å². The molecule has 0 radical (unpaired) electrons. The smallest absolute Gasteiger partial charge is 0.120 e. The standard InChI is InChI=1S/C13H20O/c1-12(2)8-6-4-5-7-9-13(3)10-11-14/h6-10,12-13H,4-5H2,1-3H3. The SMILES string of the molecule is CC(C)C=CCCC=CC(C)C=C=O. The average Bonchev–Trinajstić information content (AvgIpc) is 2.11. The number of hydrogen-bond donors (Lipinski definition) is 0. The van der Waals surface area contributed by atoms with Crippen LogP contribution in [-0.4, -0.2) is 5.94 Å². The lowest BCUT2D eigenvalue weighted by Crippen LogP contribution is -1.81. The summed E-state index contributed by atoms with van der Waals surface area (Å²) in [4.78, 5) is 10.00. The van der Waals surface area contributed by atoms with E-state index in [1.165, 1.54) is 6.08 Å². The maximum atomic E-state index is 10.00. The molecule has 0 aromatic heterocycles. The van der Waals surface area contributed by atoms with Gasteiger partial charge in [-0.25, -0.2) is 4.79 Å². The Kier molecular flexibility index (Phi) is 7.87. The highest BCUT2D eigenvalue weighted by molar-refractivity contribution is 5.46. The van der Waals surface area contributed by atoms with Crippen molar-refractivity contribution in [3.05, 3.63) is 30.4 Å². The first-order valence-electron chi connectivity index (χ1n) is 5.21. The Labute approximate surface area is 87.2 Å². The monoisotopic (exact) mass is 192 g/mol. The van der Waals surface area contributed by atoms with E-state index in [2.05, 4.69) is 32.1 Å². The molecule has 78 valence electrons. The molecule has 0 amide bonds. The molecular formula is C13H20O. The van der Waals surface area contributed by atoms with Crippen LogP contribution in [0.25, 0.3) is 0 Å². The molecule has 0 heterocycles. The van der Waals surface area contributed by atoms with Crippen LogP contribution in [-0.2, 0) is 4.79 Å². The van der Waals surface area contributed by atoms with Crippen LogP contribution in [0.4, 0.5) is 0 Å². The van der Waals surface area contributed by atoms with E-state index in [4.69, 9.17) is 0 Å². The molecule has 0 rings (SSSR count). The van der Waals surface area contributed by atoms with Crippen molar-refractivity contribution in [2.45, 2.75) is 33.6 Å². The zero-order valence-corrected chi connectivity index (χ0v) is 9.36. The lowest BCUT2D eigenvalue weighted by atomic mass is 10.1. The van der Waals surface area contributed by atoms with E-state index >= 15 is 0 Å². The van der Waals surface area contributed by atoms with Crippen molar-refractivity contribution >= 4 is 5.94 Å². The molecule has 0 saturated carbocycles. The van der Waals surface area contributed by atoms with Gasteiger partial charge in [-0.1, -0.05) is 45.1 Å². The third-order valence-electron chi connectivity index (χ3n) is 1.79. The first-order valence-corrected chi connectivity index (χ1v) is 5.21. The van der Waals surface area contributed by atoms with Crippen LogP contribution in [0.2, 0.25) is 0 Å². The fourth-order valence-corrected chi connectivity index (χ4v) is 1.03. The van der Waals surface area contributed by atoms with Crippen LogP contribution in [0.1, 0.15) is 33.6 Å². The summed E-state index contributed by atoms with van der Waals surface area (Å²) in [6, 6.07) is 0. The number of hydrogen-bond acceptors (Lipinski definition) is 1. The number of allylic oxidation sites excluding steroid dienone is 5. The fourth-order valence-electron chi connectivity index (χ4n) is 1.03. The summed E-state index contributed by atoms with van der Waals surface area (Å²) >= 11 is 0. The average molecular weight is 192 g/mol. The molecule has 0 aromatic rings. The molecule has 14 heavy (non-hydrogen) atoms. The van der Waals surface area contributed by atoms with Crippen molar-refractivity contribution in [2.24, 2.45) is 11.8 Å². The Morgan fingerprint density at radius 1 is 1.07 bits per heavy atom. The van der Waals surface area contributed by atoms with Gasteiger partial charge in [0.05, 0.1) is 0 Å². The molecule has 0 aliphatic rings. The minimum absolute atomic E-state index is 0.210. The highest BCUT2D eigenvalue weighted by Crippen LogP contribution is 2.02. The number of carbonyl (C=O) groups excluding carboxylic acids is 1. The van der Waals surface area contributed by atoms with E-state index in [1.54, 1.807) is 5.94 Å². The summed E-state index contributed by atoms with van der Waals surface area (Å²) in [5, 5.41) is 0. The van der Waals surface area contributed by atoms with Gasteiger partial charge < -0.3 is 0 Å². The molecule has 0 fully saturated rings. The van der Waals surface area contributed by atoms with Crippen LogP contribution in [0, 0.1) is 11.8 Å². The van der Waals surface area contributed by atoms with Crippen molar-refractivity contribution in [2.75, 3.05) is 0 Å². The van der Waals surface area contributed by atoms with Crippen LogP contribution in [0.3, 0.4) is 0 Å². The maximum absolute atomic E-state index is 10.00. The number of rotatable bonds is 6. The van der Waals surface area contributed by atoms with Crippen molar-refractivity contribution < 1.29 is 4.79 Å². The van der Waals surface area contributed by atoms with Crippen LogP contribution in [0.15, 0.2) is 30.4 Å². The minimum atomic E-state index is 0.210. The Bertz CT molecular complexity index is 230. The van der Waals surface area contributed by atoms with Crippen molar-refractivity contribution in [3.63, 3.8) is 0 Å². The quantitative estimate of drug-likeness (QED) is 0.357. The zero-order valence-electron chi connectivity index (χ0n) is 9.36. The van der Waals surface area contributed by atoms with Gasteiger partial charge in [-0.05, 0) is 18.8 Å². The van der Waals surface area contributed by atoms with E-state index in [0.29, 0.717) is 5.92 Å². The third-order valence-corrected chi connectivity index (χ3v) is 1.79. The third kappa shape index (κ3) is 9.02. The van der Waals surface area contributed by atoms with Crippen LogP contribution < -0.4 is 0 Å². The molecule has 1 nitrogen and oxygen atoms in total. The minimum Gasteiger partial charge on any atom is -0.234 e. The Morgan fingerprint density at radius 3 is 2.14 bits per heavy atom. The van der Waals surface area contributed by atoms with Gasteiger partial charge in [-0.15, -0.1) is 0 Å².